The first kappa shape index (κ1) is 18.2. The minimum absolute atomic E-state index is 0.00114. The molecule has 1 aliphatic rings. The molecule has 25 heavy (non-hydrogen) atoms. The minimum Gasteiger partial charge on any atom is -0.388 e. The van der Waals surface area contributed by atoms with Crippen LogP contribution in [0.2, 0.25) is 0 Å². The third-order valence-electron chi connectivity index (χ3n) is 5.33. The van der Waals surface area contributed by atoms with Gasteiger partial charge in [-0.05, 0) is 56.0 Å². The van der Waals surface area contributed by atoms with Crippen LogP contribution in [-0.4, -0.2) is 17.6 Å². The summed E-state index contributed by atoms with van der Waals surface area (Å²) in [6, 6.07) is 12.0. The van der Waals surface area contributed by atoms with Crippen LogP contribution in [0.15, 0.2) is 36.4 Å². The Morgan fingerprint density at radius 1 is 1.20 bits per heavy atom. The van der Waals surface area contributed by atoms with Gasteiger partial charge in [0.15, 0.2) is 0 Å². The molecule has 134 valence electrons. The SMILES string of the molecule is CCc1ccc(C(=O)NCC2(c3ccc(C(C)O)s3)CCCC2)cc1. The van der Waals surface area contributed by atoms with Crippen LogP contribution in [0.4, 0.5) is 0 Å². The van der Waals surface area contributed by atoms with Crippen molar-refractivity contribution >= 4 is 17.2 Å². The highest BCUT2D eigenvalue weighted by molar-refractivity contribution is 7.12. The zero-order valence-corrected chi connectivity index (χ0v) is 15.9. The van der Waals surface area contributed by atoms with Crippen molar-refractivity contribution in [3.8, 4) is 0 Å². The predicted molar refractivity (Wildman–Crippen MR) is 103 cm³/mol. The van der Waals surface area contributed by atoms with E-state index in [0.717, 1.165) is 29.7 Å². The van der Waals surface area contributed by atoms with E-state index in [-0.39, 0.29) is 11.3 Å². The van der Waals surface area contributed by atoms with E-state index in [1.54, 1.807) is 18.3 Å². The summed E-state index contributed by atoms with van der Waals surface area (Å²) in [7, 11) is 0. The molecule has 3 rings (SSSR count). The van der Waals surface area contributed by atoms with Crippen LogP contribution in [0, 0.1) is 0 Å². The highest BCUT2D eigenvalue weighted by Crippen LogP contribution is 2.44. The molecule has 3 nitrogen and oxygen atoms in total. The van der Waals surface area contributed by atoms with Gasteiger partial charge >= 0.3 is 0 Å². The molecule has 0 aliphatic heterocycles. The number of aliphatic hydroxyl groups excluding tert-OH is 1. The quantitative estimate of drug-likeness (QED) is 0.793. The van der Waals surface area contributed by atoms with Crippen molar-refractivity contribution in [3.63, 3.8) is 0 Å². The number of carbonyl (C=O) groups excluding carboxylic acids is 1. The van der Waals surface area contributed by atoms with Gasteiger partial charge in [0.25, 0.3) is 5.91 Å². The van der Waals surface area contributed by atoms with Gasteiger partial charge in [-0.1, -0.05) is 31.9 Å². The summed E-state index contributed by atoms with van der Waals surface area (Å²) in [6.45, 7) is 4.58. The number of rotatable bonds is 6. The molecule has 1 aromatic carbocycles. The first-order valence-corrected chi connectivity index (χ1v) is 10.0. The van der Waals surface area contributed by atoms with Gasteiger partial charge in [0.05, 0.1) is 6.10 Å². The average molecular weight is 358 g/mol. The zero-order chi connectivity index (χ0) is 17.9. The van der Waals surface area contributed by atoms with Gasteiger partial charge in [0.1, 0.15) is 0 Å². The molecule has 0 radical (unpaired) electrons. The molecule has 2 aromatic rings. The third-order valence-corrected chi connectivity index (χ3v) is 6.84. The predicted octanol–water partition coefficient (Wildman–Crippen LogP) is 4.61. The van der Waals surface area contributed by atoms with Crippen molar-refractivity contribution in [1.29, 1.82) is 0 Å². The van der Waals surface area contributed by atoms with E-state index in [2.05, 4.69) is 18.3 Å². The largest absolute Gasteiger partial charge is 0.388 e. The molecular formula is C21H27NO2S. The van der Waals surface area contributed by atoms with Crippen LogP contribution >= 0.6 is 11.3 Å². The molecule has 1 amide bonds. The van der Waals surface area contributed by atoms with Gasteiger partial charge in [-0.25, -0.2) is 0 Å². The molecule has 2 N–H and O–H groups in total. The normalized spacial score (nSPS) is 17.4. The van der Waals surface area contributed by atoms with E-state index in [0.29, 0.717) is 6.54 Å². The zero-order valence-electron chi connectivity index (χ0n) is 15.0. The van der Waals surface area contributed by atoms with Crippen molar-refractivity contribution in [2.75, 3.05) is 6.54 Å². The number of aryl methyl sites for hydroxylation is 1. The molecule has 1 aromatic heterocycles. The van der Waals surface area contributed by atoms with E-state index < -0.39 is 6.10 Å². The molecule has 0 spiro atoms. The highest BCUT2D eigenvalue weighted by Gasteiger charge is 2.37. The fourth-order valence-electron chi connectivity index (χ4n) is 3.67. The Labute approximate surface area is 154 Å². The van der Waals surface area contributed by atoms with Crippen molar-refractivity contribution in [2.45, 2.75) is 57.5 Å². The summed E-state index contributed by atoms with van der Waals surface area (Å²) in [5.74, 6) is 0.00114. The monoisotopic (exact) mass is 357 g/mol. The van der Waals surface area contributed by atoms with Crippen LogP contribution in [0.3, 0.4) is 0 Å². The Morgan fingerprint density at radius 2 is 1.88 bits per heavy atom. The standard InChI is InChI=1S/C21H27NO2S/c1-3-16-6-8-17(9-7-16)20(24)22-14-21(12-4-5-13-21)19-11-10-18(25-19)15(2)23/h6-11,15,23H,3-5,12-14H2,1-2H3,(H,22,24). The Balaban J connectivity index is 1.72. The number of thiophene rings is 1. The van der Waals surface area contributed by atoms with Crippen molar-refractivity contribution in [2.24, 2.45) is 0 Å². The molecule has 1 heterocycles. The summed E-state index contributed by atoms with van der Waals surface area (Å²) < 4.78 is 0. The lowest BCUT2D eigenvalue weighted by atomic mass is 9.84. The molecule has 0 bridgehead atoms. The second-order valence-electron chi connectivity index (χ2n) is 7.10. The highest BCUT2D eigenvalue weighted by atomic mass is 32.1. The Bertz CT molecular complexity index is 712. The Kier molecular flexibility index (Phi) is 5.60. The van der Waals surface area contributed by atoms with Gasteiger partial charge < -0.3 is 10.4 Å². The number of hydrogen-bond acceptors (Lipinski definition) is 3. The van der Waals surface area contributed by atoms with Crippen LogP contribution < -0.4 is 5.32 Å². The lowest BCUT2D eigenvalue weighted by molar-refractivity contribution is 0.0943. The number of benzene rings is 1. The molecule has 0 saturated heterocycles. The second-order valence-corrected chi connectivity index (χ2v) is 8.21. The first-order chi connectivity index (χ1) is 12.0. The maximum Gasteiger partial charge on any atom is 0.251 e. The number of nitrogens with one attached hydrogen (secondary N) is 1. The second kappa shape index (κ2) is 7.71. The maximum absolute atomic E-state index is 12.5. The van der Waals surface area contributed by atoms with Crippen LogP contribution in [0.25, 0.3) is 0 Å². The maximum atomic E-state index is 12.5. The average Bonchev–Trinajstić information content (AvgIpc) is 3.30. The van der Waals surface area contributed by atoms with Crippen molar-refractivity contribution in [3.05, 3.63) is 57.3 Å². The van der Waals surface area contributed by atoms with Crippen LogP contribution in [-0.2, 0) is 11.8 Å². The molecule has 1 unspecified atom stereocenters. The summed E-state index contributed by atoms with van der Waals surface area (Å²) in [5, 5.41) is 13.0. The van der Waals surface area contributed by atoms with Gasteiger partial charge in [-0.2, -0.15) is 0 Å². The number of carbonyl (C=O) groups is 1. The smallest absolute Gasteiger partial charge is 0.251 e. The van der Waals surface area contributed by atoms with Gasteiger partial charge in [-0.3, -0.25) is 4.79 Å². The van der Waals surface area contributed by atoms with E-state index in [9.17, 15) is 9.90 Å². The molecule has 1 fully saturated rings. The van der Waals surface area contributed by atoms with Crippen molar-refractivity contribution < 1.29 is 9.90 Å². The van der Waals surface area contributed by atoms with Crippen molar-refractivity contribution in [1.82, 2.24) is 5.32 Å². The molecule has 1 atom stereocenters. The summed E-state index contributed by atoms with van der Waals surface area (Å²) >= 11 is 1.69. The molecule has 1 saturated carbocycles. The van der Waals surface area contributed by atoms with E-state index in [1.165, 1.54) is 23.3 Å². The lowest BCUT2D eigenvalue weighted by Crippen LogP contribution is -2.38. The lowest BCUT2D eigenvalue weighted by Gasteiger charge is -2.28. The fourth-order valence-corrected chi connectivity index (χ4v) is 4.86. The molecule has 1 aliphatic carbocycles. The molecule has 4 heteroatoms. The number of aliphatic hydroxyl groups is 1. The number of amides is 1. The summed E-state index contributed by atoms with van der Waals surface area (Å²) in [4.78, 5) is 14.8. The van der Waals surface area contributed by atoms with Gasteiger partial charge in [-0.15, -0.1) is 11.3 Å². The van der Waals surface area contributed by atoms with Crippen LogP contribution in [0.5, 0.6) is 0 Å². The molecular weight excluding hydrogens is 330 g/mol. The fraction of sp³-hybridized carbons (Fsp3) is 0.476. The van der Waals surface area contributed by atoms with Gasteiger partial charge in [0, 0.05) is 27.3 Å². The first-order valence-electron chi connectivity index (χ1n) is 9.19. The van der Waals surface area contributed by atoms with Crippen LogP contribution in [0.1, 0.15) is 71.3 Å². The topological polar surface area (TPSA) is 49.3 Å². The van der Waals surface area contributed by atoms with E-state index >= 15 is 0 Å². The Hall–Kier alpha value is -1.65. The minimum atomic E-state index is -0.427. The van der Waals surface area contributed by atoms with E-state index in [1.807, 2.05) is 30.3 Å². The summed E-state index contributed by atoms with van der Waals surface area (Å²) in [5.41, 5.74) is 1.99. The number of hydrogen-bond donors (Lipinski definition) is 2. The van der Waals surface area contributed by atoms with E-state index in [4.69, 9.17) is 0 Å². The summed E-state index contributed by atoms with van der Waals surface area (Å²) in [6.07, 6.45) is 5.15. The third kappa shape index (κ3) is 3.96. The Morgan fingerprint density at radius 3 is 2.44 bits per heavy atom. The van der Waals surface area contributed by atoms with Gasteiger partial charge in [0.2, 0.25) is 0 Å².